The molecule has 3 aromatic carbocycles. The van der Waals surface area contributed by atoms with E-state index in [2.05, 4.69) is 15.9 Å². The van der Waals surface area contributed by atoms with Crippen molar-refractivity contribution in [1.29, 1.82) is 0 Å². The van der Waals surface area contributed by atoms with Crippen LogP contribution in [-0.2, 0) is 9.53 Å². The Morgan fingerprint density at radius 3 is 2.56 bits per heavy atom. The zero-order valence-corrected chi connectivity index (χ0v) is 23.3. The van der Waals surface area contributed by atoms with Crippen LogP contribution in [0.5, 0.6) is 11.5 Å². The number of nitrogens with zero attached hydrogens (tertiary/aromatic N) is 2. The van der Waals surface area contributed by atoms with E-state index in [0.717, 1.165) is 11.3 Å². The predicted molar refractivity (Wildman–Crippen MR) is 150 cm³/mol. The lowest BCUT2D eigenvalue weighted by atomic mass is 9.93. The first kappa shape index (κ1) is 26.6. The summed E-state index contributed by atoms with van der Waals surface area (Å²) < 4.78 is 26.9. The van der Waals surface area contributed by atoms with E-state index in [1.54, 1.807) is 25.1 Å². The Kier molecular flexibility index (Phi) is 7.49. The molecule has 0 aliphatic carbocycles. The smallest absolute Gasteiger partial charge is 0.338 e. The number of aromatic nitrogens is 1. The number of hydrogen-bond acceptors (Lipinski definition) is 7. The number of thiazole rings is 1. The fourth-order valence-corrected chi connectivity index (χ4v) is 5.85. The second kappa shape index (κ2) is 11.0. The van der Waals surface area contributed by atoms with Gasteiger partial charge in [0.05, 0.1) is 35.6 Å². The second-order valence-corrected chi connectivity index (χ2v) is 10.5. The highest BCUT2D eigenvalue weighted by Crippen LogP contribution is 2.36. The molecule has 7 nitrogen and oxygen atoms in total. The van der Waals surface area contributed by atoms with Crippen molar-refractivity contribution in [2.24, 2.45) is 4.99 Å². The molecule has 0 bridgehead atoms. The molecule has 0 fully saturated rings. The standard InChI is InChI=1S/C29H22BrFN2O5S/c1-3-38-28(36)23-24(16-7-5-4-6-8-16)32-29-33(25(23)17-9-11-20(31)12-10-17)27(35)22(39-29)14-18-13-19(30)15-21(37-2)26(18)34/h4-15,25,34H,3H2,1-2H3/b22-14-/t25-/m0/s1. The monoisotopic (exact) mass is 608 g/mol. The second-order valence-electron chi connectivity index (χ2n) is 8.53. The Balaban J connectivity index is 1.84. The van der Waals surface area contributed by atoms with Crippen molar-refractivity contribution in [3.8, 4) is 11.5 Å². The van der Waals surface area contributed by atoms with Crippen LogP contribution in [0.4, 0.5) is 4.39 Å². The average molecular weight is 609 g/mol. The van der Waals surface area contributed by atoms with E-state index >= 15 is 0 Å². The highest BCUT2D eigenvalue weighted by atomic mass is 79.9. The highest BCUT2D eigenvalue weighted by Gasteiger charge is 2.35. The molecule has 0 amide bonds. The van der Waals surface area contributed by atoms with Gasteiger partial charge in [-0.15, -0.1) is 0 Å². The van der Waals surface area contributed by atoms with Gasteiger partial charge in [-0.1, -0.05) is 69.7 Å². The molecule has 1 aliphatic heterocycles. The summed E-state index contributed by atoms with van der Waals surface area (Å²) in [6.07, 6.45) is 1.55. The lowest BCUT2D eigenvalue weighted by Gasteiger charge is -2.25. The molecule has 1 atom stereocenters. The third-order valence-electron chi connectivity index (χ3n) is 6.14. The van der Waals surface area contributed by atoms with Crippen LogP contribution < -0.4 is 19.6 Å². The van der Waals surface area contributed by atoms with Crippen LogP contribution >= 0.6 is 27.3 Å². The zero-order valence-electron chi connectivity index (χ0n) is 20.9. The largest absolute Gasteiger partial charge is 0.504 e. The van der Waals surface area contributed by atoms with Gasteiger partial charge in [-0.25, -0.2) is 14.2 Å². The first-order valence-corrected chi connectivity index (χ1v) is 13.5. The number of carbonyl (C=O) groups is 1. The number of hydrogen-bond donors (Lipinski definition) is 1. The Bertz CT molecular complexity index is 1780. The summed E-state index contributed by atoms with van der Waals surface area (Å²) in [4.78, 5) is 32.4. The maximum atomic E-state index is 13.9. The molecule has 0 radical (unpaired) electrons. The number of esters is 1. The van der Waals surface area contributed by atoms with Gasteiger partial charge in [0.15, 0.2) is 16.3 Å². The van der Waals surface area contributed by atoms with Gasteiger partial charge in [0.2, 0.25) is 0 Å². The molecule has 0 saturated heterocycles. The van der Waals surface area contributed by atoms with E-state index in [-0.39, 0.29) is 28.2 Å². The number of fused-ring (bicyclic) bond motifs is 1. The number of halogens is 2. The molecule has 1 aromatic heterocycles. The molecule has 4 aromatic rings. The maximum Gasteiger partial charge on any atom is 0.338 e. The van der Waals surface area contributed by atoms with E-state index in [1.165, 1.54) is 35.9 Å². The van der Waals surface area contributed by atoms with Crippen molar-refractivity contribution >= 4 is 45.0 Å². The highest BCUT2D eigenvalue weighted by molar-refractivity contribution is 9.10. The maximum absolute atomic E-state index is 13.9. The SMILES string of the molecule is CCOC(=O)C1=C(c2ccccc2)N=c2s/c(=C\c3cc(Br)cc(OC)c3O)c(=O)n2[C@H]1c1ccc(F)cc1. The average Bonchev–Trinajstić information content (AvgIpc) is 3.25. The Labute approximate surface area is 234 Å². The van der Waals surface area contributed by atoms with Crippen molar-refractivity contribution in [2.75, 3.05) is 13.7 Å². The van der Waals surface area contributed by atoms with E-state index in [9.17, 15) is 19.1 Å². The van der Waals surface area contributed by atoms with Crippen molar-refractivity contribution < 1.29 is 23.8 Å². The lowest BCUT2D eigenvalue weighted by Crippen LogP contribution is -2.40. The van der Waals surface area contributed by atoms with Gasteiger partial charge in [-0.3, -0.25) is 9.36 Å². The fourth-order valence-electron chi connectivity index (χ4n) is 4.40. The summed E-state index contributed by atoms with van der Waals surface area (Å²) in [5.74, 6) is -0.962. The number of phenolic OH excluding ortho intramolecular Hbond substituents is 1. The van der Waals surface area contributed by atoms with Crippen LogP contribution in [0, 0.1) is 5.82 Å². The van der Waals surface area contributed by atoms with Gasteiger partial charge in [-0.2, -0.15) is 0 Å². The van der Waals surface area contributed by atoms with E-state index in [0.29, 0.717) is 31.7 Å². The molecule has 39 heavy (non-hydrogen) atoms. The van der Waals surface area contributed by atoms with Gasteiger partial charge in [-0.05, 0) is 42.8 Å². The molecule has 10 heteroatoms. The van der Waals surface area contributed by atoms with Gasteiger partial charge < -0.3 is 14.6 Å². The molecule has 0 saturated carbocycles. The minimum Gasteiger partial charge on any atom is -0.504 e. The third kappa shape index (κ3) is 5.05. The molecule has 1 aliphatic rings. The van der Waals surface area contributed by atoms with Gasteiger partial charge in [0, 0.05) is 15.6 Å². The number of phenols is 1. The van der Waals surface area contributed by atoms with Crippen LogP contribution in [0.1, 0.15) is 29.7 Å². The molecular formula is C29H22BrFN2O5S. The molecule has 198 valence electrons. The van der Waals surface area contributed by atoms with Gasteiger partial charge >= 0.3 is 5.97 Å². The van der Waals surface area contributed by atoms with Crippen LogP contribution in [0.15, 0.2) is 86.6 Å². The van der Waals surface area contributed by atoms with Gasteiger partial charge in [0.1, 0.15) is 5.82 Å². The van der Waals surface area contributed by atoms with E-state index < -0.39 is 23.4 Å². The van der Waals surface area contributed by atoms with Crippen molar-refractivity contribution in [3.05, 3.63) is 119 Å². The lowest BCUT2D eigenvalue weighted by molar-refractivity contribution is -0.138. The van der Waals surface area contributed by atoms with Crippen LogP contribution in [0.25, 0.3) is 11.8 Å². The molecule has 1 N–H and O–H groups in total. The molecule has 0 unspecified atom stereocenters. The Hall–Kier alpha value is -4.02. The van der Waals surface area contributed by atoms with Crippen LogP contribution in [0.2, 0.25) is 0 Å². The normalized spacial score (nSPS) is 15.1. The summed E-state index contributed by atoms with van der Waals surface area (Å²) in [6.45, 7) is 1.82. The molecule has 5 rings (SSSR count). The number of carbonyl (C=O) groups excluding carboxylic acids is 1. The molecular weight excluding hydrogens is 587 g/mol. The summed E-state index contributed by atoms with van der Waals surface area (Å²) in [7, 11) is 1.43. The van der Waals surface area contributed by atoms with Crippen molar-refractivity contribution in [2.45, 2.75) is 13.0 Å². The zero-order chi connectivity index (χ0) is 27.7. The summed E-state index contributed by atoms with van der Waals surface area (Å²) >= 11 is 4.51. The third-order valence-corrected chi connectivity index (χ3v) is 7.58. The van der Waals surface area contributed by atoms with Crippen LogP contribution in [-0.4, -0.2) is 29.4 Å². The van der Waals surface area contributed by atoms with Gasteiger partial charge in [0.25, 0.3) is 5.56 Å². The minimum atomic E-state index is -0.927. The number of ether oxygens (including phenoxy) is 2. The number of aromatic hydroxyl groups is 1. The Morgan fingerprint density at radius 2 is 1.90 bits per heavy atom. The van der Waals surface area contributed by atoms with E-state index in [1.807, 2.05) is 30.3 Å². The molecule has 2 heterocycles. The number of rotatable bonds is 6. The first-order chi connectivity index (χ1) is 18.8. The van der Waals surface area contributed by atoms with E-state index in [4.69, 9.17) is 14.5 Å². The van der Waals surface area contributed by atoms with Crippen molar-refractivity contribution in [1.82, 2.24) is 4.57 Å². The van der Waals surface area contributed by atoms with Crippen LogP contribution in [0.3, 0.4) is 0 Å². The fraction of sp³-hybridized carbons (Fsp3) is 0.138. The Morgan fingerprint density at radius 1 is 1.18 bits per heavy atom. The quantitative estimate of drug-likeness (QED) is 0.324. The first-order valence-electron chi connectivity index (χ1n) is 11.9. The predicted octanol–water partition coefficient (Wildman–Crippen LogP) is 4.55. The van der Waals surface area contributed by atoms with Crippen molar-refractivity contribution in [3.63, 3.8) is 0 Å². The number of benzene rings is 3. The summed E-state index contributed by atoms with van der Waals surface area (Å²) in [5.41, 5.74) is 1.64. The molecule has 0 spiro atoms. The minimum absolute atomic E-state index is 0.120. The number of methoxy groups -OCH3 is 1. The topological polar surface area (TPSA) is 90.1 Å². The summed E-state index contributed by atoms with van der Waals surface area (Å²) in [5, 5.41) is 10.7. The summed E-state index contributed by atoms with van der Waals surface area (Å²) in [6, 6.07) is 17.1.